The molecule has 0 aliphatic carbocycles. The van der Waals surface area contributed by atoms with Crippen LogP contribution in [0.2, 0.25) is 0 Å². The number of H-pyrrole nitrogens is 1. The molecule has 0 bridgehead atoms. The molecule has 2 aromatic heterocycles. The molecule has 8 heteroatoms. The van der Waals surface area contributed by atoms with Gasteiger partial charge in [0.15, 0.2) is 23.0 Å². The second-order valence-corrected chi connectivity index (χ2v) is 5.07. The van der Waals surface area contributed by atoms with Gasteiger partial charge in [-0.05, 0) is 31.2 Å². The molecule has 3 aromatic rings. The van der Waals surface area contributed by atoms with Crippen molar-refractivity contribution in [2.45, 2.75) is 6.92 Å². The van der Waals surface area contributed by atoms with Crippen LogP contribution in [0.4, 0.5) is 16.3 Å². The molecule has 0 fully saturated rings. The lowest BCUT2D eigenvalue weighted by Crippen LogP contribution is -2.19. The molecule has 8 nitrogen and oxygen atoms in total. The number of amides is 2. The SMILES string of the molecule is Cc1ccc2c(NC(=O)Nc3ccc4c(c3)OCO4)n[nH]c2n1. The molecule has 0 unspecified atom stereocenters. The van der Waals surface area contributed by atoms with E-state index in [1.807, 2.05) is 19.1 Å². The van der Waals surface area contributed by atoms with Gasteiger partial charge in [0.2, 0.25) is 6.79 Å². The third-order valence-corrected chi connectivity index (χ3v) is 3.43. The van der Waals surface area contributed by atoms with Gasteiger partial charge < -0.3 is 14.8 Å². The Hall–Kier alpha value is -3.29. The van der Waals surface area contributed by atoms with Crippen LogP contribution in [0.15, 0.2) is 30.3 Å². The van der Waals surface area contributed by atoms with Gasteiger partial charge in [-0.1, -0.05) is 0 Å². The van der Waals surface area contributed by atoms with Crippen molar-refractivity contribution < 1.29 is 14.3 Å². The average Bonchev–Trinajstić information content (AvgIpc) is 3.13. The van der Waals surface area contributed by atoms with E-state index in [0.717, 1.165) is 11.1 Å². The fraction of sp³-hybridized carbons (Fsp3) is 0.133. The molecule has 116 valence electrons. The molecular weight excluding hydrogens is 298 g/mol. The second kappa shape index (κ2) is 5.16. The van der Waals surface area contributed by atoms with Crippen molar-refractivity contribution in [1.29, 1.82) is 0 Å². The van der Waals surface area contributed by atoms with E-state index >= 15 is 0 Å². The van der Waals surface area contributed by atoms with E-state index < -0.39 is 6.03 Å². The van der Waals surface area contributed by atoms with E-state index in [-0.39, 0.29) is 6.79 Å². The van der Waals surface area contributed by atoms with E-state index in [4.69, 9.17) is 9.47 Å². The summed E-state index contributed by atoms with van der Waals surface area (Å²) in [7, 11) is 0. The highest BCUT2D eigenvalue weighted by Crippen LogP contribution is 2.34. The van der Waals surface area contributed by atoms with Crippen molar-refractivity contribution in [1.82, 2.24) is 15.2 Å². The Kier molecular flexibility index (Phi) is 3.00. The number of hydrogen-bond acceptors (Lipinski definition) is 5. The number of carbonyl (C=O) groups excluding carboxylic acids is 1. The summed E-state index contributed by atoms with van der Waals surface area (Å²) in [4.78, 5) is 16.4. The number of pyridine rings is 1. The number of rotatable bonds is 2. The van der Waals surface area contributed by atoms with Gasteiger partial charge in [0.05, 0.1) is 5.39 Å². The summed E-state index contributed by atoms with van der Waals surface area (Å²) in [5, 5.41) is 13.0. The maximum absolute atomic E-state index is 12.1. The Morgan fingerprint density at radius 2 is 2.04 bits per heavy atom. The lowest BCUT2D eigenvalue weighted by atomic mass is 10.3. The first-order valence-corrected chi connectivity index (χ1v) is 6.98. The summed E-state index contributed by atoms with van der Waals surface area (Å²) < 4.78 is 10.5. The molecule has 1 aliphatic heterocycles. The van der Waals surface area contributed by atoms with Crippen LogP contribution in [-0.4, -0.2) is 28.0 Å². The highest BCUT2D eigenvalue weighted by molar-refractivity contribution is 6.04. The second-order valence-electron chi connectivity index (χ2n) is 5.07. The number of nitrogens with zero attached hydrogens (tertiary/aromatic N) is 2. The number of benzene rings is 1. The van der Waals surface area contributed by atoms with E-state index in [1.165, 1.54) is 0 Å². The summed E-state index contributed by atoms with van der Waals surface area (Å²) in [6.07, 6.45) is 0. The monoisotopic (exact) mass is 311 g/mol. The zero-order chi connectivity index (χ0) is 15.8. The minimum atomic E-state index is -0.405. The van der Waals surface area contributed by atoms with Gasteiger partial charge in [0.1, 0.15) is 0 Å². The fourth-order valence-corrected chi connectivity index (χ4v) is 2.34. The number of aryl methyl sites for hydroxylation is 1. The topological polar surface area (TPSA) is 101 Å². The smallest absolute Gasteiger partial charge is 0.324 e. The van der Waals surface area contributed by atoms with E-state index in [0.29, 0.717) is 28.7 Å². The summed E-state index contributed by atoms with van der Waals surface area (Å²) in [5.74, 6) is 1.69. The first kappa shape index (κ1) is 13.4. The van der Waals surface area contributed by atoms with Gasteiger partial charge in [-0.25, -0.2) is 9.78 Å². The number of carbonyl (C=O) groups is 1. The number of anilines is 2. The van der Waals surface area contributed by atoms with Gasteiger partial charge in [-0.2, -0.15) is 5.10 Å². The zero-order valence-corrected chi connectivity index (χ0v) is 12.2. The normalized spacial score (nSPS) is 12.4. The molecule has 3 heterocycles. The number of aromatic amines is 1. The maximum Gasteiger partial charge on any atom is 0.324 e. The largest absolute Gasteiger partial charge is 0.454 e. The maximum atomic E-state index is 12.1. The minimum absolute atomic E-state index is 0.191. The van der Waals surface area contributed by atoms with Gasteiger partial charge >= 0.3 is 6.03 Å². The molecule has 23 heavy (non-hydrogen) atoms. The van der Waals surface area contributed by atoms with Crippen molar-refractivity contribution in [2.24, 2.45) is 0 Å². The lowest BCUT2D eigenvalue weighted by molar-refractivity contribution is 0.174. The van der Waals surface area contributed by atoms with Gasteiger partial charge in [0, 0.05) is 17.4 Å². The summed E-state index contributed by atoms with van der Waals surface area (Å²) >= 11 is 0. The van der Waals surface area contributed by atoms with Crippen molar-refractivity contribution in [3.8, 4) is 11.5 Å². The number of aromatic nitrogens is 3. The summed E-state index contributed by atoms with van der Waals surface area (Å²) in [5.41, 5.74) is 2.10. The summed E-state index contributed by atoms with van der Waals surface area (Å²) in [6.45, 7) is 2.08. The number of hydrogen-bond donors (Lipinski definition) is 3. The first-order valence-electron chi connectivity index (χ1n) is 6.98. The molecule has 4 rings (SSSR count). The Balaban J connectivity index is 1.51. The Morgan fingerprint density at radius 3 is 2.96 bits per heavy atom. The first-order chi connectivity index (χ1) is 11.2. The molecule has 0 saturated carbocycles. The van der Waals surface area contributed by atoms with Crippen molar-refractivity contribution >= 4 is 28.6 Å². The molecule has 2 amide bonds. The number of ether oxygens (including phenoxy) is 2. The molecule has 3 N–H and O–H groups in total. The van der Waals surface area contributed by atoms with Crippen molar-refractivity contribution in [2.75, 3.05) is 17.4 Å². The fourth-order valence-electron chi connectivity index (χ4n) is 2.34. The number of fused-ring (bicyclic) bond motifs is 2. The standard InChI is InChI=1S/C15H13N5O3/c1-8-2-4-10-13(16-8)19-20-14(10)18-15(21)17-9-3-5-11-12(6-9)23-7-22-11/h2-6H,7H2,1H3,(H3,16,17,18,19,20,21). The molecule has 0 spiro atoms. The highest BCUT2D eigenvalue weighted by Gasteiger charge is 2.15. The van der Waals surface area contributed by atoms with Gasteiger partial charge in [-0.15, -0.1) is 0 Å². The van der Waals surface area contributed by atoms with Gasteiger partial charge in [-0.3, -0.25) is 10.4 Å². The van der Waals surface area contributed by atoms with Crippen molar-refractivity contribution in [3.63, 3.8) is 0 Å². The summed E-state index contributed by atoms with van der Waals surface area (Å²) in [6, 6.07) is 8.50. The molecule has 1 aliphatic rings. The van der Waals surface area contributed by atoms with Gasteiger partial charge in [0.25, 0.3) is 0 Å². The lowest BCUT2D eigenvalue weighted by Gasteiger charge is -2.06. The third kappa shape index (κ3) is 2.50. The quantitative estimate of drug-likeness (QED) is 0.675. The van der Waals surface area contributed by atoms with Crippen LogP contribution in [0, 0.1) is 6.92 Å². The van der Waals surface area contributed by atoms with Crippen LogP contribution in [0.1, 0.15) is 5.69 Å². The van der Waals surface area contributed by atoms with Crippen LogP contribution >= 0.6 is 0 Å². The van der Waals surface area contributed by atoms with Crippen LogP contribution in [0.25, 0.3) is 11.0 Å². The predicted molar refractivity (Wildman–Crippen MR) is 83.8 cm³/mol. The predicted octanol–water partition coefficient (Wildman–Crippen LogP) is 2.64. The van der Waals surface area contributed by atoms with E-state index in [2.05, 4.69) is 25.8 Å². The van der Waals surface area contributed by atoms with E-state index in [1.54, 1.807) is 18.2 Å². The Bertz CT molecular complexity index is 905. The Labute approximate surface area is 130 Å². The zero-order valence-electron chi connectivity index (χ0n) is 12.2. The molecule has 0 radical (unpaired) electrons. The molecular formula is C15H13N5O3. The third-order valence-electron chi connectivity index (χ3n) is 3.43. The Morgan fingerprint density at radius 1 is 1.17 bits per heavy atom. The molecule has 0 saturated heterocycles. The number of urea groups is 1. The van der Waals surface area contributed by atoms with Crippen LogP contribution in [-0.2, 0) is 0 Å². The minimum Gasteiger partial charge on any atom is -0.454 e. The number of nitrogens with one attached hydrogen (secondary N) is 3. The van der Waals surface area contributed by atoms with Crippen LogP contribution < -0.4 is 20.1 Å². The molecule has 1 aromatic carbocycles. The van der Waals surface area contributed by atoms with Crippen LogP contribution in [0.3, 0.4) is 0 Å². The van der Waals surface area contributed by atoms with E-state index in [9.17, 15) is 4.79 Å². The molecule has 0 atom stereocenters. The highest BCUT2D eigenvalue weighted by atomic mass is 16.7. The van der Waals surface area contributed by atoms with Crippen LogP contribution in [0.5, 0.6) is 11.5 Å². The van der Waals surface area contributed by atoms with Crippen molar-refractivity contribution in [3.05, 3.63) is 36.0 Å². The average molecular weight is 311 g/mol.